The minimum absolute atomic E-state index is 0.167. The molecule has 9 nitrogen and oxygen atoms in total. The van der Waals surface area contributed by atoms with Crippen molar-refractivity contribution in [1.82, 2.24) is 19.5 Å². The molecule has 1 saturated heterocycles. The lowest BCUT2D eigenvalue weighted by atomic mass is 10.1. The van der Waals surface area contributed by atoms with Crippen molar-refractivity contribution in [3.05, 3.63) is 48.5 Å². The van der Waals surface area contributed by atoms with Crippen LogP contribution in [-0.2, 0) is 4.74 Å². The van der Waals surface area contributed by atoms with Gasteiger partial charge in [0.1, 0.15) is 18.5 Å². The largest absolute Gasteiger partial charge is 0.394 e. The highest BCUT2D eigenvalue weighted by Gasteiger charge is 2.45. The highest BCUT2D eigenvalue weighted by molar-refractivity contribution is 6.06. The van der Waals surface area contributed by atoms with Crippen LogP contribution in [0.4, 0.5) is 10.2 Å². The normalized spacial score (nSPS) is 25.0. The van der Waals surface area contributed by atoms with Gasteiger partial charge in [-0.05, 0) is 12.1 Å². The van der Waals surface area contributed by atoms with Gasteiger partial charge in [0.05, 0.1) is 12.9 Å². The number of hydrogen-bond acceptors (Lipinski definition) is 7. The van der Waals surface area contributed by atoms with E-state index in [2.05, 4.69) is 20.3 Å². The molecule has 1 aromatic carbocycles. The fraction of sp³-hybridized carbons (Fsp3) is 0.294. The summed E-state index contributed by atoms with van der Waals surface area (Å²) < 4.78 is 21.1. The highest BCUT2D eigenvalue weighted by Crippen LogP contribution is 2.34. The average molecular weight is 373 g/mol. The van der Waals surface area contributed by atoms with Crippen molar-refractivity contribution in [1.29, 1.82) is 0 Å². The van der Waals surface area contributed by atoms with E-state index < -0.39 is 31.2 Å². The van der Waals surface area contributed by atoms with E-state index in [9.17, 15) is 19.4 Å². The van der Waals surface area contributed by atoms with Gasteiger partial charge in [0.2, 0.25) is 0 Å². The van der Waals surface area contributed by atoms with Crippen LogP contribution in [-0.4, -0.2) is 60.6 Å². The molecule has 0 radical (unpaired) electrons. The standard InChI is InChI=1S/C17H16FN5O4/c18-11-13(25)10(6-24)27-17(11)23-8-21-12-14(19-7-20-15(12)23)22-16(26)9-4-2-1-3-5-9/h1-5,7-8,10-11,13,17,24-25H,6H2,(H,19,20,22,26)/t10?,11?,13-,17?/m0/s1. The molecule has 3 aromatic rings. The number of nitrogens with zero attached hydrogens (tertiary/aromatic N) is 4. The van der Waals surface area contributed by atoms with Crippen molar-refractivity contribution in [2.24, 2.45) is 0 Å². The Morgan fingerprint density at radius 3 is 2.74 bits per heavy atom. The molecule has 2 aromatic heterocycles. The number of anilines is 1. The maximum Gasteiger partial charge on any atom is 0.256 e. The maximum atomic E-state index is 14.4. The molecule has 1 aliphatic rings. The number of carbonyl (C=O) groups is 1. The van der Waals surface area contributed by atoms with E-state index in [1.54, 1.807) is 30.3 Å². The smallest absolute Gasteiger partial charge is 0.256 e. The second-order valence-corrected chi connectivity index (χ2v) is 6.05. The number of aliphatic hydroxyl groups is 2. The van der Waals surface area contributed by atoms with Crippen molar-refractivity contribution in [3.63, 3.8) is 0 Å². The number of carbonyl (C=O) groups excluding carboxylic acids is 1. The molecule has 140 valence electrons. The van der Waals surface area contributed by atoms with Gasteiger partial charge >= 0.3 is 0 Å². The summed E-state index contributed by atoms with van der Waals surface area (Å²) in [5, 5.41) is 21.7. The molecule has 3 N–H and O–H groups in total. The lowest BCUT2D eigenvalue weighted by molar-refractivity contribution is -0.0459. The van der Waals surface area contributed by atoms with Crippen LogP contribution in [0.15, 0.2) is 43.0 Å². The molecule has 1 aliphatic heterocycles. The van der Waals surface area contributed by atoms with Gasteiger partial charge in [0, 0.05) is 5.56 Å². The molecule has 3 unspecified atom stereocenters. The minimum atomic E-state index is -1.77. The maximum absolute atomic E-state index is 14.4. The Morgan fingerprint density at radius 1 is 1.26 bits per heavy atom. The molecule has 10 heteroatoms. The zero-order chi connectivity index (χ0) is 19.0. The Kier molecular flexibility index (Phi) is 4.52. The minimum Gasteiger partial charge on any atom is -0.394 e. The molecular formula is C17H16FN5O4. The second-order valence-electron chi connectivity index (χ2n) is 6.05. The number of nitrogens with one attached hydrogen (secondary N) is 1. The number of aromatic nitrogens is 4. The first-order valence-electron chi connectivity index (χ1n) is 8.22. The number of hydrogen-bond donors (Lipinski definition) is 3. The Bertz CT molecular complexity index is 966. The lowest BCUT2D eigenvalue weighted by Crippen LogP contribution is -2.30. The first-order valence-corrected chi connectivity index (χ1v) is 8.22. The van der Waals surface area contributed by atoms with Crippen molar-refractivity contribution < 1.29 is 24.1 Å². The monoisotopic (exact) mass is 373 g/mol. The molecule has 3 heterocycles. The number of amides is 1. The van der Waals surface area contributed by atoms with Gasteiger partial charge in [0.25, 0.3) is 5.91 Å². The number of ether oxygens (including phenoxy) is 1. The fourth-order valence-corrected chi connectivity index (χ4v) is 2.98. The van der Waals surface area contributed by atoms with Crippen LogP contribution in [0.1, 0.15) is 16.6 Å². The summed E-state index contributed by atoms with van der Waals surface area (Å²) in [6, 6.07) is 8.58. The Hall–Kier alpha value is -2.95. The van der Waals surface area contributed by atoms with Crippen molar-refractivity contribution >= 4 is 22.9 Å². The molecule has 0 saturated carbocycles. The molecule has 0 aliphatic carbocycles. The molecule has 0 spiro atoms. The van der Waals surface area contributed by atoms with E-state index >= 15 is 0 Å². The topological polar surface area (TPSA) is 122 Å². The van der Waals surface area contributed by atoms with Crippen LogP contribution < -0.4 is 5.32 Å². The summed E-state index contributed by atoms with van der Waals surface area (Å²) in [7, 11) is 0. The summed E-state index contributed by atoms with van der Waals surface area (Å²) >= 11 is 0. The van der Waals surface area contributed by atoms with Crippen LogP contribution in [0.5, 0.6) is 0 Å². The zero-order valence-corrected chi connectivity index (χ0v) is 13.9. The van der Waals surface area contributed by atoms with Crippen LogP contribution >= 0.6 is 0 Å². The van der Waals surface area contributed by atoms with Gasteiger partial charge in [-0.3, -0.25) is 9.36 Å². The van der Waals surface area contributed by atoms with Gasteiger partial charge < -0.3 is 20.3 Å². The number of aliphatic hydroxyl groups excluding tert-OH is 2. The Labute approximate surface area is 152 Å². The summed E-state index contributed by atoms with van der Waals surface area (Å²) in [5.74, 6) is -0.207. The van der Waals surface area contributed by atoms with E-state index in [1.165, 1.54) is 17.2 Å². The summed E-state index contributed by atoms with van der Waals surface area (Å²) in [4.78, 5) is 24.6. The first kappa shape index (κ1) is 17.5. The number of benzene rings is 1. The number of alkyl halides is 1. The molecule has 1 fully saturated rings. The van der Waals surface area contributed by atoms with Crippen molar-refractivity contribution in [3.8, 4) is 0 Å². The highest BCUT2D eigenvalue weighted by atomic mass is 19.1. The van der Waals surface area contributed by atoms with Gasteiger partial charge in [0.15, 0.2) is 29.4 Å². The third-order valence-electron chi connectivity index (χ3n) is 4.37. The Balaban J connectivity index is 1.65. The molecule has 27 heavy (non-hydrogen) atoms. The van der Waals surface area contributed by atoms with Gasteiger partial charge in [-0.15, -0.1) is 0 Å². The molecule has 4 atom stereocenters. The van der Waals surface area contributed by atoms with E-state index in [0.717, 1.165) is 0 Å². The van der Waals surface area contributed by atoms with E-state index in [1.807, 2.05) is 0 Å². The first-order chi connectivity index (χ1) is 13.1. The van der Waals surface area contributed by atoms with E-state index in [4.69, 9.17) is 4.74 Å². The molecular weight excluding hydrogens is 357 g/mol. The predicted molar refractivity (Wildman–Crippen MR) is 91.6 cm³/mol. The second kappa shape index (κ2) is 6.99. The molecule has 0 bridgehead atoms. The van der Waals surface area contributed by atoms with Crippen LogP contribution in [0.25, 0.3) is 11.2 Å². The number of imidazole rings is 1. The van der Waals surface area contributed by atoms with Crippen LogP contribution in [0.2, 0.25) is 0 Å². The Morgan fingerprint density at radius 2 is 2.04 bits per heavy atom. The summed E-state index contributed by atoms with van der Waals surface area (Å²) in [6.07, 6.45) is -2.96. The predicted octanol–water partition coefficient (Wildman–Crippen LogP) is 0.667. The van der Waals surface area contributed by atoms with Gasteiger partial charge in [-0.1, -0.05) is 18.2 Å². The van der Waals surface area contributed by atoms with E-state index in [0.29, 0.717) is 5.56 Å². The quantitative estimate of drug-likeness (QED) is 0.614. The lowest BCUT2D eigenvalue weighted by Gasteiger charge is -2.15. The third kappa shape index (κ3) is 3.03. The molecule has 1 amide bonds. The molecule has 4 rings (SSSR count). The number of rotatable bonds is 4. The number of halogens is 1. The van der Waals surface area contributed by atoms with Crippen LogP contribution in [0, 0.1) is 0 Å². The van der Waals surface area contributed by atoms with Crippen LogP contribution in [0.3, 0.4) is 0 Å². The average Bonchev–Trinajstić information content (AvgIpc) is 3.25. The third-order valence-corrected chi connectivity index (χ3v) is 4.37. The summed E-state index contributed by atoms with van der Waals surface area (Å²) in [5.41, 5.74) is 0.923. The number of fused-ring (bicyclic) bond motifs is 1. The van der Waals surface area contributed by atoms with Gasteiger partial charge in [-0.25, -0.2) is 19.3 Å². The SMILES string of the molecule is O=C(Nc1ncnc2c1ncn2C1OC(CO)[C@H](O)C1F)c1ccccc1. The zero-order valence-electron chi connectivity index (χ0n) is 13.9. The van der Waals surface area contributed by atoms with E-state index in [-0.39, 0.29) is 22.9 Å². The summed E-state index contributed by atoms with van der Waals surface area (Å²) in [6.45, 7) is -0.516. The van der Waals surface area contributed by atoms with Crippen molar-refractivity contribution in [2.75, 3.05) is 11.9 Å². The fourth-order valence-electron chi connectivity index (χ4n) is 2.98. The van der Waals surface area contributed by atoms with Gasteiger partial charge in [-0.2, -0.15) is 0 Å². The van der Waals surface area contributed by atoms with Crippen molar-refractivity contribution in [2.45, 2.75) is 24.6 Å².